The maximum Gasteiger partial charge on any atom is 0.306 e. The highest BCUT2D eigenvalue weighted by atomic mass is 16.6. The molecule has 0 rings (SSSR count). The Morgan fingerprint density at radius 1 is 0.308 bits per heavy atom. The van der Waals surface area contributed by atoms with Crippen LogP contribution in [0.1, 0.15) is 303 Å². The van der Waals surface area contributed by atoms with Crippen LogP contribution in [0.4, 0.5) is 0 Å². The van der Waals surface area contributed by atoms with E-state index < -0.39 is 6.10 Å². The van der Waals surface area contributed by atoms with Crippen molar-refractivity contribution in [2.24, 2.45) is 0 Å². The summed E-state index contributed by atoms with van der Waals surface area (Å²) in [6.45, 7) is 6.58. The number of unbranched alkanes of at least 4 members (excludes halogenated alkanes) is 35. The van der Waals surface area contributed by atoms with Crippen LogP contribution in [0.15, 0.2) is 36.5 Å². The zero-order chi connectivity index (χ0) is 47.2. The minimum absolute atomic E-state index is 0.0740. The van der Waals surface area contributed by atoms with Crippen LogP contribution in [-0.2, 0) is 28.6 Å². The monoisotopic (exact) mass is 913 g/mol. The summed E-state index contributed by atoms with van der Waals surface area (Å²) in [5, 5.41) is 0. The maximum absolute atomic E-state index is 12.8. The van der Waals surface area contributed by atoms with Crippen LogP contribution < -0.4 is 0 Å². The number of carbonyl (C=O) groups excluding carboxylic acids is 3. The number of allylic oxidation sites excluding steroid dienone is 6. The fourth-order valence-corrected chi connectivity index (χ4v) is 8.33. The largest absolute Gasteiger partial charge is 0.462 e. The Balaban J connectivity index is 4.13. The number of hydrogen-bond donors (Lipinski definition) is 0. The normalized spacial score (nSPS) is 12.2. The number of ether oxygens (including phenoxy) is 3. The van der Waals surface area contributed by atoms with Gasteiger partial charge in [-0.05, 0) is 57.8 Å². The molecule has 0 aromatic heterocycles. The van der Waals surface area contributed by atoms with E-state index in [1.807, 2.05) is 0 Å². The topological polar surface area (TPSA) is 78.9 Å². The summed E-state index contributed by atoms with van der Waals surface area (Å²) in [6.07, 6.45) is 64.5. The fraction of sp³-hybridized carbons (Fsp3) is 0.847. The van der Waals surface area contributed by atoms with Crippen molar-refractivity contribution in [3.8, 4) is 0 Å². The SMILES string of the molecule is CCCCC/C=C\C/C=C\C/C=C\CCCCCCCCC(=O)OC(COC(=O)CCCCCCCC)COC(=O)CCCCCCCCCCCCCCCCCCCCCCCC. The van der Waals surface area contributed by atoms with E-state index in [1.165, 1.54) is 186 Å². The maximum atomic E-state index is 12.8. The predicted molar refractivity (Wildman–Crippen MR) is 279 cm³/mol. The summed E-state index contributed by atoms with van der Waals surface area (Å²) >= 11 is 0. The third-order valence-corrected chi connectivity index (χ3v) is 12.6. The Kier molecular flexibility index (Phi) is 52.3. The van der Waals surface area contributed by atoms with Crippen molar-refractivity contribution in [3.05, 3.63) is 36.5 Å². The zero-order valence-corrected chi connectivity index (χ0v) is 43.5. The van der Waals surface area contributed by atoms with Crippen molar-refractivity contribution in [3.63, 3.8) is 0 Å². The smallest absolute Gasteiger partial charge is 0.306 e. The third-order valence-electron chi connectivity index (χ3n) is 12.6. The van der Waals surface area contributed by atoms with Crippen LogP contribution in [0.25, 0.3) is 0 Å². The van der Waals surface area contributed by atoms with Gasteiger partial charge in [-0.15, -0.1) is 0 Å². The van der Waals surface area contributed by atoms with E-state index in [9.17, 15) is 14.4 Å². The molecule has 1 unspecified atom stereocenters. The molecule has 6 nitrogen and oxygen atoms in total. The molecule has 0 spiro atoms. The van der Waals surface area contributed by atoms with Crippen LogP contribution in [0.2, 0.25) is 0 Å². The summed E-state index contributed by atoms with van der Waals surface area (Å²) < 4.78 is 16.8. The summed E-state index contributed by atoms with van der Waals surface area (Å²) in [5.41, 5.74) is 0. The standard InChI is InChI=1S/C59H108O6/c1-4-7-10-13-16-18-20-22-24-26-28-29-30-32-33-35-37-39-41-43-46-49-52-58(61)64-55-56(54-63-57(60)51-48-45-15-12-9-6-3)65-59(62)53-50-47-44-42-40-38-36-34-31-27-25-23-21-19-17-14-11-8-5-2/h17,19,23,25,31,34,56H,4-16,18,20-22,24,26-30,32-33,35-55H2,1-3H3/b19-17-,25-23-,34-31-. The van der Waals surface area contributed by atoms with Crippen molar-refractivity contribution < 1.29 is 28.6 Å². The highest BCUT2D eigenvalue weighted by Crippen LogP contribution is 2.17. The molecular weight excluding hydrogens is 805 g/mol. The van der Waals surface area contributed by atoms with Crippen LogP contribution in [0, 0.1) is 0 Å². The van der Waals surface area contributed by atoms with Gasteiger partial charge < -0.3 is 14.2 Å². The predicted octanol–water partition coefficient (Wildman–Crippen LogP) is 18.9. The van der Waals surface area contributed by atoms with Gasteiger partial charge in [-0.2, -0.15) is 0 Å². The molecule has 0 saturated heterocycles. The molecule has 0 fully saturated rings. The van der Waals surface area contributed by atoms with Gasteiger partial charge in [0.05, 0.1) is 0 Å². The molecule has 65 heavy (non-hydrogen) atoms. The molecule has 0 aliphatic rings. The summed E-state index contributed by atoms with van der Waals surface area (Å²) in [5.74, 6) is -0.882. The lowest BCUT2D eigenvalue weighted by Gasteiger charge is -2.18. The lowest BCUT2D eigenvalue weighted by Crippen LogP contribution is -2.30. The quantitative estimate of drug-likeness (QED) is 0.0262. The first-order chi connectivity index (χ1) is 32.0. The van der Waals surface area contributed by atoms with E-state index in [2.05, 4.69) is 57.2 Å². The Hall–Kier alpha value is -2.37. The molecule has 380 valence electrons. The summed E-state index contributed by atoms with van der Waals surface area (Å²) in [4.78, 5) is 37.9. The summed E-state index contributed by atoms with van der Waals surface area (Å²) in [7, 11) is 0. The van der Waals surface area contributed by atoms with Crippen molar-refractivity contribution >= 4 is 17.9 Å². The molecule has 0 N–H and O–H groups in total. The van der Waals surface area contributed by atoms with E-state index in [1.54, 1.807) is 0 Å². The minimum atomic E-state index is -0.773. The zero-order valence-electron chi connectivity index (χ0n) is 43.5. The van der Waals surface area contributed by atoms with Gasteiger partial charge in [-0.25, -0.2) is 0 Å². The first-order valence-corrected chi connectivity index (χ1v) is 28.5. The van der Waals surface area contributed by atoms with Crippen LogP contribution >= 0.6 is 0 Å². The Labute approximate surface area is 404 Å². The number of carbonyl (C=O) groups is 3. The Morgan fingerprint density at radius 2 is 0.554 bits per heavy atom. The average Bonchev–Trinajstić information content (AvgIpc) is 3.30. The molecule has 0 amide bonds. The lowest BCUT2D eigenvalue weighted by molar-refractivity contribution is -0.167. The van der Waals surface area contributed by atoms with Gasteiger partial charge in [-0.3, -0.25) is 14.4 Å². The van der Waals surface area contributed by atoms with E-state index in [4.69, 9.17) is 14.2 Å². The van der Waals surface area contributed by atoms with Crippen LogP contribution in [0.5, 0.6) is 0 Å². The molecule has 6 heteroatoms. The van der Waals surface area contributed by atoms with Gasteiger partial charge in [-0.1, -0.05) is 263 Å². The van der Waals surface area contributed by atoms with E-state index in [0.29, 0.717) is 19.3 Å². The molecule has 0 aliphatic carbocycles. The molecule has 0 bridgehead atoms. The first kappa shape index (κ1) is 62.6. The van der Waals surface area contributed by atoms with Crippen molar-refractivity contribution in [2.45, 2.75) is 309 Å². The van der Waals surface area contributed by atoms with Crippen molar-refractivity contribution in [2.75, 3.05) is 13.2 Å². The van der Waals surface area contributed by atoms with E-state index in [0.717, 1.165) is 77.0 Å². The van der Waals surface area contributed by atoms with Gasteiger partial charge in [0.2, 0.25) is 0 Å². The molecule has 1 atom stereocenters. The lowest BCUT2D eigenvalue weighted by atomic mass is 10.0. The average molecular weight is 914 g/mol. The number of esters is 3. The molecular formula is C59H108O6. The molecule has 0 aliphatic heterocycles. The van der Waals surface area contributed by atoms with Gasteiger partial charge >= 0.3 is 17.9 Å². The minimum Gasteiger partial charge on any atom is -0.462 e. The van der Waals surface area contributed by atoms with Crippen LogP contribution in [-0.4, -0.2) is 37.2 Å². The van der Waals surface area contributed by atoms with Gasteiger partial charge in [0.1, 0.15) is 13.2 Å². The highest BCUT2D eigenvalue weighted by Gasteiger charge is 2.19. The fourth-order valence-electron chi connectivity index (χ4n) is 8.33. The van der Waals surface area contributed by atoms with E-state index in [-0.39, 0.29) is 31.1 Å². The molecule has 0 aromatic carbocycles. The third kappa shape index (κ3) is 52.5. The second kappa shape index (κ2) is 54.2. The Morgan fingerprint density at radius 3 is 0.892 bits per heavy atom. The van der Waals surface area contributed by atoms with Gasteiger partial charge in [0.25, 0.3) is 0 Å². The molecule has 0 radical (unpaired) electrons. The van der Waals surface area contributed by atoms with Gasteiger partial charge in [0.15, 0.2) is 6.10 Å². The first-order valence-electron chi connectivity index (χ1n) is 28.5. The number of hydrogen-bond acceptors (Lipinski definition) is 6. The van der Waals surface area contributed by atoms with Crippen LogP contribution in [0.3, 0.4) is 0 Å². The molecule has 0 aromatic rings. The molecule has 0 heterocycles. The van der Waals surface area contributed by atoms with E-state index >= 15 is 0 Å². The highest BCUT2D eigenvalue weighted by molar-refractivity contribution is 5.71. The number of rotatable bonds is 52. The summed E-state index contributed by atoms with van der Waals surface area (Å²) in [6, 6.07) is 0. The molecule has 0 saturated carbocycles. The second-order valence-electron chi connectivity index (χ2n) is 19.2. The second-order valence-corrected chi connectivity index (χ2v) is 19.2. The Bertz CT molecular complexity index is 1090. The van der Waals surface area contributed by atoms with Crippen molar-refractivity contribution in [1.82, 2.24) is 0 Å². The van der Waals surface area contributed by atoms with Gasteiger partial charge in [0, 0.05) is 19.3 Å². The van der Waals surface area contributed by atoms with Crippen molar-refractivity contribution in [1.29, 1.82) is 0 Å².